The molecular formula is C18H15ClN2O3S. The molecule has 0 saturated heterocycles. The number of nitrogens with one attached hydrogen (secondary N) is 1. The van der Waals surface area contributed by atoms with Crippen LogP contribution in [-0.2, 0) is 9.53 Å². The zero-order valence-electron chi connectivity index (χ0n) is 13.3. The molecule has 0 aliphatic carbocycles. The fraction of sp³-hybridized carbons (Fsp3) is 0.111. The number of hydrogen-bond acceptors (Lipinski definition) is 5. The lowest BCUT2D eigenvalue weighted by Gasteiger charge is -2.07. The minimum absolute atomic E-state index is 0.0279. The zero-order chi connectivity index (χ0) is 17.8. The number of thioether (sulfide) groups is 1. The number of rotatable bonds is 5. The highest BCUT2D eigenvalue weighted by Crippen LogP contribution is 2.26. The van der Waals surface area contributed by atoms with Gasteiger partial charge in [-0.1, -0.05) is 23.7 Å². The Balaban J connectivity index is 1.91. The molecule has 7 heteroatoms. The molecule has 1 heterocycles. The lowest BCUT2D eigenvalue weighted by Crippen LogP contribution is -2.09. The molecule has 0 aliphatic heterocycles. The molecule has 0 fully saturated rings. The number of para-hydroxylation sites is 2. The molecule has 0 amide bonds. The maximum atomic E-state index is 12.2. The molecule has 0 aliphatic rings. The normalized spacial score (nSPS) is 12.1. The number of aliphatic hydroxyl groups is 1. The first-order chi connectivity index (χ1) is 12.1. The molecule has 3 rings (SSSR count). The molecule has 0 radical (unpaired) electrons. The molecule has 0 saturated carbocycles. The number of aliphatic hydroxyl groups excluding tert-OH is 1. The predicted octanol–water partition coefficient (Wildman–Crippen LogP) is 4.45. The zero-order valence-corrected chi connectivity index (χ0v) is 14.9. The third-order valence-electron chi connectivity index (χ3n) is 3.49. The van der Waals surface area contributed by atoms with Crippen molar-refractivity contribution in [1.29, 1.82) is 0 Å². The second-order valence-corrected chi connectivity index (χ2v) is 6.64. The number of imidazole rings is 1. The molecular weight excluding hydrogens is 360 g/mol. The first-order valence-corrected chi connectivity index (χ1v) is 8.78. The third-order valence-corrected chi connectivity index (χ3v) is 4.77. The van der Waals surface area contributed by atoms with Crippen LogP contribution >= 0.6 is 23.4 Å². The van der Waals surface area contributed by atoms with E-state index in [1.165, 1.54) is 18.9 Å². The SMILES string of the molecule is COC(=O)/C(=C(\O)CSc1ccc(Cl)cc1)c1nc2ccccc2[nH]1. The number of benzene rings is 2. The lowest BCUT2D eigenvalue weighted by atomic mass is 10.2. The van der Waals surface area contributed by atoms with Crippen molar-refractivity contribution in [3.05, 3.63) is 65.1 Å². The van der Waals surface area contributed by atoms with Gasteiger partial charge in [0.2, 0.25) is 0 Å². The van der Waals surface area contributed by atoms with E-state index in [0.717, 1.165) is 10.4 Å². The summed E-state index contributed by atoms with van der Waals surface area (Å²) in [6.45, 7) is 0. The Bertz CT molecular complexity index is 902. The molecule has 25 heavy (non-hydrogen) atoms. The van der Waals surface area contributed by atoms with Gasteiger partial charge < -0.3 is 14.8 Å². The Labute approximate surface area is 153 Å². The van der Waals surface area contributed by atoms with Gasteiger partial charge in [-0.15, -0.1) is 11.8 Å². The van der Waals surface area contributed by atoms with Crippen LogP contribution in [0.15, 0.2) is 59.2 Å². The number of methoxy groups -OCH3 is 1. The average molecular weight is 375 g/mol. The van der Waals surface area contributed by atoms with Crippen LogP contribution in [-0.4, -0.2) is 33.9 Å². The number of halogens is 1. The monoisotopic (exact) mass is 374 g/mol. The number of esters is 1. The number of fused-ring (bicyclic) bond motifs is 1. The van der Waals surface area contributed by atoms with Gasteiger partial charge in [0.05, 0.1) is 23.9 Å². The van der Waals surface area contributed by atoms with Crippen LogP contribution in [0.1, 0.15) is 5.82 Å². The number of aromatic amines is 1. The molecule has 1 aromatic heterocycles. The van der Waals surface area contributed by atoms with Gasteiger partial charge in [0.1, 0.15) is 17.2 Å². The van der Waals surface area contributed by atoms with Gasteiger partial charge in [-0.25, -0.2) is 9.78 Å². The van der Waals surface area contributed by atoms with Gasteiger partial charge in [-0.3, -0.25) is 0 Å². The van der Waals surface area contributed by atoms with Crippen molar-refractivity contribution in [2.75, 3.05) is 12.9 Å². The molecule has 0 atom stereocenters. The topological polar surface area (TPSA) is 75.2 Å². The van der Waals surface area contributed by atoms with E-state index in [4.69, 9.17) is 16.3 Å². The highest BCUT2D eigenvalue weighted by molar-refractivity contribution is 7.99. The maximum absolute atomic E-state index is 12.2. The number of hydrogen-bond donors (Lipinski definition) is 2. The van der Waals surface area contributed by atoms with Gasteiger partial charge in [0, 0.05) is 9.92 Å². The standard InChI is InChI=1S/C18H15ClN2O3S/c1-24-18(23)16(17-20-13-4-2-3-5-14(13)21-17)15(22)10-25-12-8-6-11(19)7-9-12/h2-9,22H,10H2,1H3,(H,20,21)/b16-15-. The Morgan fingerprint density at radius 1 is 1.24 bits per heavy atom. The van der Waals surface area contributed by atoms with Crippen LogP contribution in [0.3, 0.4) is 0 Å². The van der Waals surface area contributed by atoms with Crippen LogP contribution in [0.5, 0.6) is 0 Å². The Hall–Kier alpha value is -2.44. The van der Waals surface area contributed by atoms with Crippen molar-refractivity contribution in [3.63, 3.8) is 0 Å². The molecule has 5 nitrogen and oxygen atoms in total. The van der Waals surface area contributed by atoms with Gasteiger partial charge in [-0.05, 0) is 36.4 Å². The van der Waals surface area contributed by atoms with Gasteiger partial charge in [0.15, 0.2) is 0 Å². The van der Waals surface area contributed by atoms with Crippen molar-refractivity contribution in [1.82, 2.24) is 9.97 Å². The number of carbonyl (C=O) groups excluding carboxylic acids is 1. The molecule has 0 spiro atoms. The van der Waals surface area contributed by atoms with E-state index in [9.17, 15) is 9.90 Å². The number of aromatic nitrogens is 2. The second-order valence-electron chi connectivity index (χ2n) is 5.16. The highest BCUT2D eigenvalue weighted by atomic mass is 35.5. The minimum atomic E-state index is -0.645. The van der Waals surface area contributed by atoms with Crippen LogP contribution in [0.25, 0.3) is 16.6 Å². The van der Waals surface area contributed by atoms with Crippen molar-refractivity contribution in [3.8, 4) is 0 Å². The number of carbonyl (C=O) groups is 1. The Morgan fingerprint density at radius 3 is 2.64 bits per heavy atom. The summed E-state index contributed by atoms with van der Waals surface area (Å²) in [4.78, 5) is 20.5. The lowest BCUT2D eigenvalue weighted by molar-refractivity contribution is -0.133. The van der Waals surface area contributed by atoms with E-state index in [0.29, 0.717) is 10.5 Å². The van der Waals surface area contributed by atoms with E-state index in [2.05, 4.69) is 9.97 Å². The summed E-state index contributed by atoms with van der Waals surface area (Å²) in [5.74, 6) is -0.273. The fourth-order valence-electron chi connectivity index (χ4n) is 2.28. The molecule has 0 bridgehead atoms. The first-order valence-electron chi connectivity index (χ1n) is 7.42. The van der Waals surface area contributed by atoms with E-state index < -0.39 is 5.97 Å². The molecule has 2 aromatic carbocycles. The largest absolute Gasteiger partial charge is 0.510 e. The van der Waals surface area contributed by atoms with Gasteiger partial charge in [-0.2, -0.15) is 0 Å². The van der Waals surface area contributed by atoms with Crippen LogP contribution in [0.4, 0.5) is 0 Å². The summed E-state index contributed by atoms with van der Waals surface area (Å²) in [6.07, 6.45) is 0. The summed E-state index contributed by atoms with van der Waals surface area (Å²) in [6, 6.07) is 14.6. The smallest absolute Gasteiger partial charge is 0.345 e. The number of ether oxygens (including phenoxy) is 1. The summed E-state index contributed by atoms with van der Waals surface area (Å²) in [5.41, 5.74) is 1.51. The molecule has 128 valence electrons. The van der Waals surface area contributed by atoms with E-state index in [1.807, 2.05) is 36.4 Å². The first kappa shape index (κ1) is 17.4. The van der Waals surface area contributed by atoms with Crippen molar-refractivity contribution in [2.24, 2.45) is 0 Å². The van der Waals surface area contributed by atoms with Crippen LogP contribution < -0.4 is 0 Å². The van der Waals surface area contributed by atoms with Gasteiger partial charge >= 0.3 is 5.97 Å². The molecule has 0 unspecified atom stereocenters. The maximum Gasteiger partial charge on any atom is 0.345 e. The van der Waals surface area contributed by atoms with E-state index in [1.54, 1.807) is 12.1 Å². The number of nitrogens with zero attached hydrogens (tertiary/aromatic N) is 1. The second kappa shape index (κ2) is 7.63. The van der Waals surface area contributed by atoms with E-state index >= 15 is 0 Å². The summed E-state index contributed by atoms with van der Waals surface area (Å²) >= 11 is 7.24. The minimum Gasteiger partial charge on any atom is -0.510 e. The van der Waals surface area contributed by atoms with E-state index in [-0.39, 0.29) is 22.9 Å². The number of H-pyrrole nitrogens is 1. The summed E-state index contributed by atoms with van der Waals surface area (Å²) < 4.78 is 4.81. The van der Waals surface area contributed by atoms with Crippen molar-refractivity contribution < 1.29 is 14.6 Å². The fourth-order valence-corrected chi connectivity index (χ4v) is 3.18. The van der Waals surface area contributed by atoms with Crippen molar-refractivity contribution in [2.45, 2.75) is 4.90 Å². The highest BCUT2D eigenvalue weighted by Gasteiger charge is 2.22. The average Bonchev–Trinajstić information content (AvgIpc) is 3.04. The van der Waals surface area contributed by atoms with Crippen LogP contribution in [0.2, 0.25) is 5.02 Å². The third kappa shape index (κ3) is 3.97. The van der Waals surface area contributed by atoms with Crippen molar-refractivity contribution >= 4 is 45.9 Å². The quantitative estimate of drug-likeness (QED) is 0.298. The summed E-state index contributed by atoms with van der Waals surface area (Å²) in [5, 5.41) is 11.1. The Morgan fingerprint density at radius 2 is 1.96 bits per heavy atom. The predicted molar refractivity (Wildman–Crippen MR) is 99.8 cm³/mol. The van der Waals surface area contributed by atoms with Crippen LogP contribution in [0, 0.1) is 0 Å². The molecule has 2 N–H and O–H groups in total. The summed E-state index contributed by atoms with van der Waals surface area (Å²) in [7, 11) is 1.27. The Kier molecular flexibility index (Phi) is 5.31. The molecule has 3 aromatic rings. The van der Waals surface area contributed by atoms with Gasteiger partial charge in [0.25, 0.3) is 0 Å².